The van der Waals surface area contributed by atoms with Crippen LogP contribution in [0.25, 0.3) is 10.9 Å². The van der Waals surface area contributed by atoms with E-state index in [1.807, 2.05) is 24.3 Å². The predicted molar refractivity (Wildman–Crippen MR) is 73.9 cm³/mol. The molecule has 1 amide bonds. The standard InChI is InChI=1S/C13H13N3OS/c17-12-5-9(8-18)7-16(12)13-14-6-10-3-1-2-4-11(10)15-13/h1-4,6,9,18H,5,7-8H2. The Morgan fingerprint density at radius 2 is 2.22 bits per heavy atom. The van der Waals surface area contributed by atoms with Gasteiger partial charge in [0.05, 0.1) is 5.52 Å². The van der Waals surface area contributed by atoms with Gasteiger partial charge in [0.2, 0.25) is 11.9 Å². The summed E-state index contributed by atoms with van der Waals surface area (Å²) in [4.78, 5) is 22.3. The fourth-order valence-corrected chi connectivity index (χ4v) is 2.43. The second-order valence-corrected chi connectivity index (χ2v) is 4.85. The lowest BCUT2D eigenvalue weighted by Gasteiger charge is -2.14. The Hall–Kier alpha value is -1.62. The zero-order chi connectivity index (χ0) is 12.5. The number of hydrogen-bond acceptors (Lipinski definition) is 4. The Bertz CT molecular complexity index is 602. The SMILES string of the molecule is O=C1CC(CS)CN1c1ncc2ccccc2n1. The fraction of sp³-hybridized carbons (Fsp3) is 0.308. The van der Waals surface area contributed by atoms with Gasteiger partial charge in [-0.3, -0.25) is 9.69 Å². The monoisotopic (exact) mass is 259 g/mol. The van der Waals surface area contributed by atoms with Crippen LogP contribution in [0.4, 0.5) is 5.95 Å². The van der Waals surface area contributed by atoms with Crippen LogP contribution in [0, 0.1) is 5.92 Å². The van der Waals surface area contributed by atoms with Crippen molar-refractivity contribution < 1.29 is 4.79 Å². The van der Waals surface area contributed by atoms with Crippen LogP contribution in [0.2, 0.25) is 0 Å². The average molecular weight is 259 g/mol. The number of nitrogens with zero attached hydrogens (tertiary/aromatic N) is 3. The molecule has 0 aliphatic carbocycles. The van der Waals surface area contributed by atoms with Crippen LogP contribution in [0.3, 0.4) is 0 Å². The van der Waals surface area contributed by atoms with Crippen molar-refractivity contribution in [2.24, 2.45) is 5.92 Å². The highest BCUT2D eigenvalue weighted by Gasteiger charge is 2.31. The van der Waals surface area contributed by atoms with E-state index in [-0.39, 0.29) is 5.91 Å². The van der Waals surface area contributed by atoms with Gasteiger partial charge < -0.3 is 0 Å². The Balaban J connectivity index is 1.97. The summed E-state index contributed by atoms with van der Waals surface area (Å²) in [6, 6.07) is 7.77. The predicted octanol–water partition coefficient (Wildman–Crippen LogP) is 1.91. The van der Waals surface area contributed by atoms with Gasteiger partial charge in [0.25, 0.3) is 0 Å². The Labute approximate surface area is 110 Å². The first-order valence-corrected chi connectivity index (χ1v) is 6.54. The number of hydrogen-bond donors (Lipinski definition) is 1. The normalized spacial score (nSPS) is 19.7. The molecule has 1 unspecified atom stereocenters. The van der Waals surface area contributed by atoms with Crippen molar-refractivity contribution in [3.8, 4) is 0 Å². The average Bonchev–Trinajstić information content (AvgIpc) is 2.79. The van der Waals surface area contributed by atoms with Crippen molar-refractivity contribution in [1.29, 1.82) is 0 Å². The molecule has 1 aliphatic heterocycles. The molecule has 3 rings (SSSR count). The first-order valence-electron chi connectivity index (χ1n) is 5.91. The molecule has 0 saturated carbocycles. The van der Waals surface area contributed by atoms with Gasteiger partial charge in [0.15, 0.2) is 0 Å². The molecule has 1 atom stereocenters. The molecule has 1 saturated heterocycles. The smallest absolute Gasteiger partial charge is 0.232 e. The van der Waals surface area contributed by atoms with Gasteiger partial charge in [-0.25, -0.2) is 9.97 Å². The van der Waals surface area contributed by atoms with Crippen LogP contribution in [-0.4, -0.2) is 28.2 Å². The number of amides is 1. The maximum atomic E-state index is 11.9. The van der Waals surface area contributed by atoms with Crippen molar-refractivity contribution in [1.82, 2.24) is 9.97 Å². The van der Waals surface area contributed by atoms with Gasteiger partial charge in [0.1, 0.15) is 0 Å². The molecular formula is C13H13N3OS. The number of para-hydroxylation sites is 1. The van der Waals surface area contributed by atoms with Gasteiger partial charge in [0, 0.05) is 24.5 Å². The maximum Gasteiger partial charge on any atom is 0.232 e. The molecule has 4 nitrogen and oxygen atoms in total. The van der Waals surface area contributed by atoms with Gasteiger partial charge in [-0.15, -0.1) is 0 Å². The van der Waals surface area contributed by atoms with Crippen LogP contribution in [0.5, 0.6) is 0 Å². The molecule has 92 valence electrons. The van der Waals surface area contributed by atoms with E-state index in [2.05, 4.69) is 22.6 Å². The molecule has 18 heavy (non-hydrogen) atoms. The molecule has 0 bridgehead atoms. The lowest BCUT2D eigenvalue weighted by Crippen LogP contribution is -2.26. The summed E-state index contributed by atoms with van der Waals surface area (Å²) in [5.41, 5.74) is 0.865. The Morgan fingerprint density at radius 1 is 1.39 bits per heavy atom. The van der Waals surface area contributed by atoms with E-state index in [0.29, 0.717) is 24.8 Å². The van der Waals surface area contributed by atoms with Gasteiger partial charge >= 0.3 is 0 Å². The largest absolute Gasteiger partial charge is 0.280 e. The molecular weight excluding hydrogens is 246 g/mol. The molecule has 0 spiro atoms. The van der Waals surface area contributed by atoms with Crippen molar-refractivity contribution in [2.45, 2.75) is 6.42 Å². The van der Waals surface area contributed by atoms with Crippen LogP contribution in [0.1, 0.15) is 6.42 Å². The summed E-state index contributed by atoms with van der Waals surface area (Å²) in [5.74, 6) is 1.61. The van der Waals surface area contributed by atoms with E-state index < -0.39 is 0 Å². The third-order valence-electron chi connectivity index (χ3n) is 3.18. The number of fused-ring (bicyclic) bond motifs is 1. The number of thiol groups is 1. The quantitative estimate of drug-likeness (QED) is 0.838. The molecule has 0 N–H and O–H groups in total. The molecule has 1 aliphatic rings. The zero-order valence-electron chi connectivity index (χ0n) is 9.78. The lowest BCUT2D eigenvalue weighted by molar-refractivity contribution is -0.117. The Morgan fingerprint density at radius 3 is 3.00 bits per heavy atom. The summed E-state index contributed by atoms with van der Waals surface area (Å²) in [6.07, 6.45) is 2.30. The molecule has 1 aromatic heterocycles. The van der Waals surface area contributed by atoms with Crippen LogP contribution >= 0.6 is 12.6 Å². The van der Waals surface area contributed by atoms with E-state index in [9.17, 15) is 4.79 Å². The van der Waals surface area contributed by atoms with Gasteiger partial charge in [-0.05, 0) is 17.7 Å². The first kappa shape index (κ1) is 11.5. The van der Waals surface area contributed by atoms with Gasteiger partial charge in [-0.2, -0.15) is 12.6 Å². The van der Waals surface area contributed by atoms with Crippen LogP contribution in [0.15, 0.2) is 30.5 Å². The molecule has 1 aromatic carbocycles. The van der Waals surface area contributed by atoms with E-state index >= 15 is 0 Å². The molecule has 5 heteroatoms. The summed E-state index contributed by atoms with van der Waals surface area (Å²) in [7, 11) is 0. The van der Waals surface area contributed by atoms with E-state index in [1.54, 1.807) is 11.1 Å². The second-order valence-electron chi connectivity index (χ2n) is 4.49. The number of carbonyl (C=O) groups is 1. The van der Waals surface area contributed by atoms with Crippen molar-refractivity contribution in [2.75, 3.05) is 17.2 Å². The Kier molecular flexibility index (Phi) is 2.91. The first-order chi connectivity index (χ1) is 8.78. The third kappa shape index (κ3) is 1.95. The van der Waals surface area contributed by atoms with Crippen molar-refractivity contribution >= 4 is 35.4 Å². The number of anilines is 1. The molecule has 2 aromatic rings. The third-order valence-corrected chi connectivity index (χ3v) is 3.70. The van der Waals surface area contributed by atoms with Crippen LogP contribution < -0.4 is 4.90 Å². The fourth-order valence-electron chi connectivity index (χ4n) is 2.19. The number of aromatic nitrogens is 2. The van der Waals surface area contributed by atoms with Crippen molar-refractivity contribution in [3.05, 3.63) is 30.5 Å². The lowest BCUT2D eigenvalue weighted by atomic mass is 10.1. The number of carbonyl (C=O) groups excluding carboxylic acids is 1. The van der Waals surface area contributed by atoms with Gasteiger partial charge in [-0.1, -0.05) is 18.2 Å². The topological polar surface area (TPSA) is 46.1 Å². The highest BCUT2D eigenvalue weighted by Crippen LogP contribution is 2.24. The highest BCUT2D eigenvalue weighted by atomic mass is 32.1. The minimum atomic E-state index is 0.0873. The minimum absolute atomic E-state index is 0.0873. The van der Waals surface area contributed by atoms with E-state index in [1.165, 1.54) is 0 Å². The van der Waals surface area contributed by atoms with E-state index in [0.717, 1.165) is 16.7 Å². The minimum Gasteiger partial charge on any atom is -0.280 e. The summed E-state index contributed by atoms with van der Waals surface area (Å²) in [6.45, 7) is 0.667. The number of benzene rings is 1. The molecule has 2 heterocycles. The summed E-state index contributed by atoms with van der Waals surface area (Å²) >= 11 is 4.25. The van der Waals surface area contributed by atoms with E-state index in [4.69, 9.17) is 0 Å². The summed E-state index contributed by atoms with van der Waals surface area (Å²) in [5, 5.41) is 0.985. The van der Waals surface area contributed by atoms with Crippen molar-refractivity contribution in [3.63, 3.8) is 0 Å². The zero-order valence-corrected chi connectivity index (χ0v) is 10.7. The highest BCUT2D eigenvalue weighted by molar-refractivity contribution is 7.80. The summed E-state index contributed by atoms with van der Waals surface area (Å²) < 4.78 is 0. The number of rotatable bonds is 2. The maximum absolute atomic E-state index is 11.9. The molecule has 0 radical (unpaired) electrons. The second kappa shape index (κ2) is 4.57. The molecule has 1 fully saturated rings. The van der Waals surface area contributed by atoms with Crippen LogP contribution in [-0.2, 0) is 4.79 Å².